The lowest BCUT2D eigenvalue weighted by Crippen LogP contribution is -1.94. The van der Waals surface area contributed by atoms with Crippen molar-refractivity contribution in [2.75, 3.05) is 0 Å². The number of aryl methyl sites for hydroxylation is 1. The standard InChI is InChI=1S/C13H12O3S/c1-9-5-4-7-11(14)13(9)10-6-2-3-8-12(10)17(15)16/h2-8,14H,1H3,(H,15,16). The Labute approximate surface area is 102 Å². The van der Waals surface area contributed by atoms with E-state index in [0.717, 1.165) is 5.56 Å². The number of hydrogen-bond acceptors (Lipinski definition) is 2. The lowest BCUT2D eigenvalue weighted by Gasteiger charge is -2.11. The highest BCUT2D eigenvalue weighted by Crippen LogP contribution is 2.35. The van der Waals surface area contributed by atoms with Crippen molar-refractivity contribution in [3.63, 3.8) is 0 Å². The van der Waals surface area contributed by atoms with Gasteiger partial charge in [-0.25, -0.2) is 4.21 Å². The SMILES string of the molecule is Cc1cccc(O)c1-c1ccccc1S(=O)O. The molecular weight excluding hydrogens is 236 g/mol. The van der Waals surface area contributed by atoms with Crippen molar-refractivity contribution in [3.8, 4) is 16.9 Å². The highest BCUT2D eigenvalue weighted by Gasteiger charge is 2.14. The summed E-state index contributed by atoms with van der Waals surface area (Å²) in [5, 5.41) is 9.87. The second-order valence-electron chi connectivity index (χ2n) is 3.71. The van der Waals surface area contributed by atoms with Gasteiger partial charge in [0.15, 0.2) is 11.1 Å². The Morgan fingerprint density at radius 1 is 1.06 bits per heavy atom. The second-order valence-corrected chi connectivity index (χ2v) is 4.65. The van der Waals surface area contributed by atoms with E-state index in [1.54, 1.807) is 36.4 Å². The molecule has 1 atom stereocenters. The molecule has 2 rings (SSSR count). The lowest BCUT2D eigenvalue weighted by atomic mass is 9.99. The summed E-state index contributed by atoms with van der Waals surface area (Å²) in [6, 6.07) is 11.9. The topological polar surface area (TPSA) is 57.5 Å². The van der Waals surface area contributed by atoms with E-state index in [-0.39, 0.29) is 5.75 Å². The minimum absolute atomic E-state index is 0.114. The van der Waals surface area contributed by atoms with Crippen LogP contribution in [0.1, 0.15) is 5.56 Å². The first kappa shape index (κ1) is 11.8. The van der Waals surface area contributed by atoms with Gasteiger partial charge in [0, 0.05) is 11.1 Å². The summed E-state index contributed by atoms with van der Waals surface area (Å²) in [7, 11) is 0. The summed E-state index contributed by atoms with van der Waals surface area (Å²) in [6.07, 6.45) is 0. The van der Waals surface area contributed by atoms with E-state index in [1.165, 1.54) is 0 Å². The molecule has 0 aromatic heterocycles. The van der Waals surface area contributed by atoms with Crippen molar-refractivity contribution in [3.05, 3.63) is 48.0 Å². The molecule has 4 heteroatoms. The minimum atomic E-state index is -2.07. The van der Waals surface area contributed by atoms with Crippen LogP contribution in [0.5, 0.6) is 5.75 Å². The van der Waals surface area contributed by atoms with Crippen LogP contribution >= 0.6 is 0 Å². The fourth-order valence-electron chi connectivity index (χ4n) is 1.83. The monoisotopic (exact) mass is 248 g/mol. The molecule has 0 heterocycles. The molecule has 17 heavy (non-hydrogen) atoms. The summed E-state index contributed by atoms with van der Waals surface area (Å²) in [6.45, 7) is 1.85. The molecule has 1 unspecified atom stereocenters. The first-order valence-corrected chi connectivity index (χ1v) is 6.21. The predicted molar refractivity (Wildman–Crippen MR) is 67.3 cm³/mol. The van der Waals surface area contributed by atoms with Crippen LogP contribution in [0, 0.1) is 6.92 Å². The fraction of sp³-hybridized carbons (Fsp3) is 0.0769. The van der Waals surface area contributed by atoms with Gasteiger partial charge in [-0.3, -0.25) is 0 Å². The van der Waals surface area contributed by atoms with Gasteiger partial charge in [0.2, 0.25) is 0 Å². The van der Waals surface area contributed by atoms with Crippen LogP contribution in [0.3, 0.4) is 0 Å². The molecule has 0 aliphatic heterocycles. The normalized spacial score (nSPS) is 12.4. The second kappa shape index (κ2) is 4.69. The van der Waals surface area contributed by atoms with E-state index >= 15 is 0 Å². The third kappa shape index (κ3) is 2.23. The minimum Gasteiger partial charge on any atom is -0.507 e. The van der Waals surface area contributed by atoms with Crippen LogP contribution in [0.2, 0.25) is 0 Å². The Morgan fingerprint density at radius 3 is 2.41 bits per heavy atom. The van der Waals surface area contributed by atoms with Gasteiger partial charge in [0.25, 0.3) is 0 Å². The quantitative estimate of drug-likeness (QED) is 0.803. The van der Waals surface area contributed by atoms with Crippen molar-refractivity contribution < 1.29 is 13.9 Å². The Hall–Kier alpha value is -1.65. The molecule has 0 amide bonds. The van der Waals surface area contributed by atoms with E-state index in [9.17, 15) is 13.9 Å². The van der Waals surface area contributed by atoms with Crippen LogP contribution in [0.15, 0.2) is 47.4 Å². The summed E-state index contributed by atoms with van der Waals surface area (Å²) >= 11 is -2.07. The molecule has 0 bridgehead atoms. The molecule has 2 aromatic rings. The van der Waals surface area contributed by atoms with Crippen molar-refractivity contribution in [2.45, 2.75) is 11.8 Å². The maximum absolute atomic E-state index is 11.2. The lowest BCUT2D eigenvalue weighted by molar-refractivity contribution is 0.477. The van der Waals surface area contributed by atoms with Gasteiger partial charge >= 0.3 is 0 Å². The molecule has 0 aliphatic carbocycles. The van der Waals surface area contributed by atoms with Gasteiger partial charge < -0.3 is 9.66 Å². The smallest absolute Gasteiger partial charge is 0.187 e. The largest absolute Gasteiger partial charge is 0.507 e. The molecule has 0 saturated heterocycles. The molecule has 0 fully saturated rings. The Bertz CT molecular complexity index is 558. The van der Waals surface area contributed by atoms with Gasteiger partial charge in [0.1, 0.15) is 5.75 Å². The molecule has 0 saturated carbocycles. The zero-order valence-corrected chi connectivity index (χ0v) is 10.1. The summed E-state index contributed by atoms with van der Waals surface area (Å²) < 4.78 is 20.5. The van der Waals surface area contributed by atoms with Gasteiger partial charge in [-0.15, -0.1) is 0 Å². The van der Waals surface area contributed by atoms with Crippen LogP contribution in [0.25, 0.3) is 11.1 Å². The van der Waals surface area contributed by atoms with Crippen LogP contribution < -0.4 is 0 Å². The van der Waals surface area contributed by atoms with E-state index in [0.29, 0.717) is 16.0 Å². The highest BCUT2D eigenvalue weighted by atomic mass is 32.2. The van der Waals surface area contributed by atoms with Gasteiger partial charge in [-0.1, -0.05) is 30.3 Å². The number of rotatable bonds is 2. The maximum Gasteiger partial charge on any atom is 0.187 e. The van der Waals surface area contributed by atoms with Gasteiger partial charge in [-0.05, 0) is 24.6 Å². The molecule has 88 valence electrons. The Kier molecular flexibility index (Phi) is 3.26. The number of benzene rings is 2. The molecule has 0 radical (unpaired) electrons. The third-order valence-electron chi connectivity index (χ3n) is 2.60. The van der Waals surface area contributed by atoms with Crippen LogP contribution in [0.4, 0.5) is 0 Å². The number of phenols is 1. The molecule has 2 N–H and O–H groups in total. The fourth-order valence-corrected chi connectivity index (χ4v) is 2.38. The van der Waals surface area contributed by atoms with Crippen LogP contribution in [-0.2, 0) is 11.1 Å². The zero-order chi connectivity index (χ0) is 12.4. The summed E-state index contributed by atoms with van der Waals surface area (Å²) in [5.41, 5.74) is 2.05. The molecule has 0 spiro atoms. The molecule has 0 aliphatic rings. The van der Waals surface area contributed by atoms with E-state index in [2.05, 4.69) is 0 Å². The number of aromatic hydroxyl groups is 1. The van der Waals surface area contributed by atoms with Crippen molar-refractivity contribution >= 4 is 11.1 Å². The Morgan fingerprint density at radius 2 is 1.76 bits per heavy atom. The first-order valence-electron chi connectivity index (χ1n) is 5.10. The molecular formula is C13H12O3S. The van der Waals surface area contributed by atoms with E-state index in [1.807, 2.05) is 13.0 Å². The molecule has 3 nitrogen and oxygen atoms in total. The summed E-state index contributed by atoms with van der Waals surface area (Å²) in [5.74, 6) is 0.114. The number of phenolic OH excluding ortho intramolecular Hbond substituents is 1. The third-order valence-corrected chi connectivity index (χ3v) is 3.33. The van der Waals surface area contributed by atoms with Gasteiger partial charge in [0.05, 0.1) is 4.90 Å². The van der Waals surface area contributed by atoms with E-state index < -0.39 is 11.1 Å². The van der Waals surface area contributed by atoms with Gasteiger partial charge in [-0.2, -0.15) is 0 Å². The highest BCUT2D eigenvalue weighted by molar-refractivity contribution is 7.79. The van der Waals surface area contributed by atoms with Crippen LogP contribution in [-0.4, -0.2) is 13.9 Å². The predicted octanol–water partition coefficient (Wildman–Crippen LogP) is 2.95. The van der Waals surface area contributed by atoms with E-state index in [4.69, 9.17) is 0 Å². The maximum atomic E-state index is 11.2. The zero-order valence-electron chi connectivity index (χ0n) is 9.25. The van der Waals surface area contributed by atoms with Crippen molar-refractivity contribution in [1.82, 2.24) is 0 Å². The number of hydrogen-bond donors (Lipinski definition) is 2. The average Bonchev–Trinajstić information content (AvgIpc) is 2.29. The summed E-state index contributed by atoms with van der Waals surface area (Å²) in [4.78, 5) is 0.303. The Balaban J connectivity index is 2.73. The van der Waals surface area contributed by atoms with Crippen molar-refractivity contribution in [1.29, 1.82) is 0 Å². The average molecular weight is 248 g/mol. The first-order chi connectivity index (χ1) is 8.11. The molecule has 2 aromatic carbocycles. The van der Waals surface area contributed by atoms with Crippen molar-refractivity contribution in [2.24, 2.45) is 0 Å².